The average Bonchev–Trinajstić information content (AvgIpc) is 2.65. The topological polar surface area (TPSA) is 66.1 Å². The molecule has 5 rings (SSSR count). The first kappa shape index (κ1) is 11.9. The van der Waals surface area contributed by atoms with Gasteiger partial charge in [-0.1, -0.05) is 23.6 Å². The molecule has 0 saturated heterocycles. The molecule has 2 atom stereocenters. The van der Waals surface area contributed by atoms with Crippen molar-refractivity contribution in [3.05, 3.63) is 17.2 Å². The van der Waals surface area contributed by atoms with Gasteiger partial charge >= 0.3 is 5.16 Å². The summed E-state index contributed by atoms with van der Waals surface area (Å²) >= 11 is 4.97. The highest BCUT2D eigenvalue weighted by atomic mass is 35.5. The van der Waals surface area contributed by atoms with E-state index in [0.717, 1.165) is 24.6 Å². The predicted octanol–water partition coefficient (Wildman–Crippen LogP) is 1.81. The van der Waals surface area contributed by atoms with Gasteiger partial charge in [-0.3, -0.25) is 0 Å². The average molecular weight is 297 g/mol. The Labute approximate surface area is 118 Å². The van der Waals surface area contributed by atoms with Gasteiger partial charge in [-0.05, 0) is 24.7 Å². The molecule has 7 heteroatoms. The van der Waals surface area contributed by atoms with E-state index >= 15 is 0 Å². The third kappa shape index (κ3) is 1.34. The molecule has 2 aromatic heterocycles. The van der Waals surface area contributed by atoms with Crippen LogP contribution >= 0.6 is 11.6 Å². The Kier molecular flexibility index (Phi) is 2.27. The maximum Gasteiger partial charge on any atom is 0.359 e. The van der Waals surface area contributed by atoms with E-state index in [1.807, 2.05) is 0 Å². The zero-order valence-corrected chi connectivity index (χ0v) is 12.2. The summed E-state index contributed by atoms with van der Waals surface area (Å²) in [6.45, 7) is 2.26. The molecule has 5 nitrogen and oxygen atoms in total. The molecule has 3 aliphatic carbocycles. The van der Waals surface area contributed by atoms with Crippen molar-refractivity contribution in [3.63, 3.8) is 0 Å². The lowest BCUT2D eigenvalue weighted by Gasteiger charge is -2.66. The van der Waals surface area contributed by atoms with E-state index in [2.05, 4.69) is 22.0 Å². The van der Waals surface area contributed by atoms with Crippen LogP contribution in [0.25, 0.3) is 5.52 Å². The third-order valence-corrected chi connectivity index (χ3v) is 5.84. The first-order valence-corrected chi connectivity index (χ1v) is 8.22. The second-order valence-electron chi connectivity index (χ2n) is 5.63. The second-order valence-corrected chi connectivity index (χ2v) is 7.26. The summed E-state index contributed by atoms with van der Waals surface area (Å²) in [6.07, 6.45) is 5.51. The predicted molar refractivity (Wildman–Crippen MR) is 71.7 cm³/mol. The molecule has 2 aromatic rings. The van der Waals surface area contributed by atoms with Gasteiger partial charge in [-0.2, -0.15) is 4.98 Å². The summed E-state index contributed by atoms with van der Waals surface area (Å²) in [5, 5.41) is 5.11. The zero-order valence-electron chi connectivity index (χ0n) is 10.6. The Morgan fingerprint density at radius 3 is 2.79 bits per heavy atom. The molecular weight excluding hydrogens is 284 g/mol. The Morgan fingerprint density at radius 1 is 1.53 bits per heavy atom. The van der Waals surface area contributed by atoms with E-state index in [-0.39, 0.29) is 5.41 Å². The second kappa shape index (κ2) is 3.62. The van der Waals surface area contributed by atoms with Crippen molar-refractivity contribution in [1.82, 2.24) is 19.6 Å². The normalized spacial score (nSPS) is 33.9. The van der Waals surface area contributed by atoms with Gasteiger partial charge in [0.25, 0.3) is 0 Å². The van der Waals surface area contributed by atoms with Gasteiger partial charge in [0.1, 0.15) is 17.6 Å². The Hall–Kier alpha value is -0.850. The number of fused-ring (bicyclic) bond motifs is 1. The Balaban J connectivity index is 1.93. The number of imidazole rings is 1. The van der Waals surface area contributed by atoms with E-state index in [1.54, 1.807) is 17.0 Å². The van der Waals surface area contributed by atoms with Gasteiger partial charge in [0, 0.05) is 16.6 Å². The highest BCUT2D eigenvalue weighted by Crippen LogP contribution is 2.68. The number of rotatable bonds is 2. The summed E-state index contributed by atoms with van der Waals surface area (Å²) in [5.41, 5.74) is 0.824. The van der Waals surface area contributed by atoms with Crippen molar-refractivity contribution in [1.29, 1.82) is 0 Å². The number of nitrogens with zero attached hydrogens (tertiary/aromatic N) is 4. The van der Waals surface area contributed by atoms with Gasteiger partial charge in [0.15, 0.2) is 5.15 Å². The lowest BCUT2D eigenvalue weighted by Crippen LogP contribution is -2.64. The molecule has 2 bridgehead atoms. The van der Waals surface area contributed by atoms with Crippen LogP contribution in [-0.4, -0.2) is 30.4 Å². The van der Waals surface area contributed by atoms with E-state index in [9.17, 15) is 4.55 Å². The fourth-order valence-corrected chi connectivity index (χ4v) is 4.01. The fraction of sp³-hybridized carbons (Fsp3) is 0.583. The first-order valence-electron chi connectivity index (χ1n) is 6.28. The molecule has 3 saturated carbocycles. The molecular formula is C12H13ClN4OS. The minimum Gasteiger partial charge on any atom is -0.609 e. The zero-order chi connectivity index (χ0) is 13.4. The van der Waals surface area contributed by atoms with Crippen molar-refractivity contribution in [2.24, 2.45) is 11.8 Å². The van der Waals surface area contributed by atoms with Gasteiger partial charge < -0.3 is 4.55 Å². The standard InChI is InChI=1S/C12H13ClN4OS/c1-6-7-3-12(6,4-7)10-15-9(13)8-5-14-11(19(2)18)16-17(8)10/h5-7H,3-4H2,1-2H3. The fourth-order valence-electron chi connectivity index (χ4n) is 3.41. The summed E-state index contributed by atoms with van der Waals surface area (Å²) in [6, 6.07) is 0. The Bertz CT molecular complexity index is 680. The van der Waals surface area contributed by atoms with Gasteiger partial charge in [0.05, 0.1) is 6.20 Å². The lowest BCUT2D eigenvalue weighted by atomic mass is 9.38. The minimum absolute atomic E-state index is 0.127. The van der Waals surface area contributed by atoms with Crippen molar-refractivity contribution in [2.75, 3.05) is 6.26 Å². The van der Waals surface area contributed by atoms with Crippen LogP contribution < -0.4 is 0 Å². The first-order chi connectivity index (χ1) is 9.03. The molecule has 19 heavy (non-hydrogen) atoms. The molecule has 0 radical (unpaired) electrons. The van der Waals surface area contributed by atoms with Gasteiger partial charge in [-0.25, -0.2) is 9.50 Å². The van der Waals surface area contributed by atoms with Crippen LogP contribution in [0.3, 0.4) is 0 Å². The molecule has 3 fully saturated rings. The molecule has 2 unspecified atom stereocenters. The van der Waals surface area contributed by atoms with Crippen LogP contribution in [0.4, 0.5) is 0 Å². The van der Waals surface area contributed by atoms with Crippen molar-refractivity contribution in [3.8, 4) is 0 Å². The van der Waals surface area contributed by atoms with Crippen molar-refractivity contribution < 1.29 is 4.55 Å². The molecule has 2 heterocycles. The van der Waals surface area contributed by atoms with Crippen molar-refractivity contribution in [2.45, 2.75) is 30.3 Å². The van der Waals surface area contributed by atoms with Crippen LogP contribution in [0.1, 0.15) is 25.6 Å². The molecule has 100 valence electrons. The molecule has 0 aromatic carbocycles. The quantitative estimate of drug-likeness (QED) is 0.793. The summed E-state index contributed by atoms with van der Waals surface area (Å²) < 4.78 is 13.3. The molecule has 0 N–H and O–H groups in total. The summed E-state index contributed by atoms with van der Waals surface area (Å²) in [5.74, 6) is 2.38. The lowest BCUT2D eigenvalue weighted by molar-refractivity contribution is -0.116. The third-order valence-electron chi connectivity index (χ3n) is 4.86. The number of aromatic nitrogens is 4. The summed E-state index contributed by atoms with van der Waals surface area (Å²) in [4.78, 5) is 8.58. The Morgan fingerprint density at radius 2 is 2.26 bits per heavy atom. The highest BCUT2D eigenvalue weighted by Gasteiger charge is 2.66. The van der Waals surface area contributed by atoms with Crippen LogP contribution in [0.15, 0.2) is 11.4 Å². The van der Waals surface area contributed by atoms with E-state index in [4.69, 9.17) is 11.6 Å². The SMILES string of the molecule is CC1C2CC1(c1nc(Cl)c3cnc([S+](C)[O-])nn13)C2. The van der Waals surface area contributed by atoms with Crippen LogP contribution in [-0.2, 0) is 16.6 Å². The summed E-state index contributed by atoms with van der Waals surface area (Å²) in [7, 11) is 0. The largest absolute Gasteiger partial charge is 0.609 e. The molecule has 0 spiro atoms. The van der Waals surface area contributed by atoms with Crippen molar-refractivity contribution >= 4 is 28.3 Å². The number of hydrogen-bond donors (Lipinski definition) is 0. The number of halogens is 1. The molecule has 3 aliphatic rings. The minimum atomic E-state index is -1.20. The van der Waals surface area contributed by atoms with Gasteiger partial charge in [0.2, 0.25) is 0 Å². The van der Waals surface area contributed by atoms with E-state index in [0.29, 0.717) is 21.7 Å². The highest BCUT2D eigenvalue weighted by molar-refractivity contribution is 7.90. The van der Waals surface area contributed by atoms with Crippen LogP contribution in [0.5, 0.6) is 0 Å². The maximum atomic E-state index is 11.5. The maximum absolute atomic E-state index is 11.5. The monoisotopic (exact) mass is 296 g/mol. The van der Waals surface area contributed by atoms with E-state index in [1.165, 1.54) is 0 Å². The van der Waals surface area contributed by atoms with Crippen LogP contribution in [0, 0.1) is 11.8 Å². The smallest absolute Gasteiger partial charge is 0.359 e. The molecule has 0 amide bonds. The van der Waals surface area contributed by atoms with Gasteiger partial charge in [-0.15, -0.1) is 0 Å². The van der Waals surface area contributed by atoms with E-state index < -0.39 is 11.2 Å². The molecule has 0 aliphatic heterocycles. The van der Waals surface area contributed by atoms with Crippen LogP contribution in [0.2, 0.25) is 5.15 Å². The number of hydrogen-bond acceptors (Lipinski definition) is 4.